The molecule has 1 amide bonds. The fraction of sp³-hybridized carbons (Fsp3) is 0.576. The van der Waals surface area contributed by atoms with E-state index in [0.717, 1.165) is 38.1 Å². The van der Waals surface area contributed by atoms with Gasteiger partial charge >= 0.3 is 0 Å². The molecule has 1 atom stereocenters. The van der Waals surface area contributed by atoms with Crippen LogP contribution in [0.4, 0.5) is 11.6 Å². The highest BCUT2D eigenvalue weighted by atomic mass is 32.2. The fourth-order valence-electron chi connectivity index (χ4n) is 8.78. The van der Waals surface area contributed by atoms with E-state index in [1.165, 1.54) is 31.7 Å². The maximum Gasteiger partial charge on any atom is 0.281 e. The Morgan fingerprint density at radius 3 is 2.56 bits per heavy atom. The molecule has 3 aromatic rings. The van der Waals surface area contributed by atoms with Gasteiger partial charge in [-0.1, -0.05) is 6.07 Å². The van der Waals surface area contributed by atoms with Gasteiger partial charge in [-0.05, 0) is 112 Å². The molecule has 3 aliphatic carbocycles. The first kappa shape index (κ1) is 28.8. The predicted octanol–water partition coefficient (Wildman–Crippen LogP) is 4.58. The Labute approximate surface area is 264 Å². The minimum atomic E-state index is -4.23. The quantitative estimate of drug-likeness (QED) is 0.431. The van der Waals surface area contributed by atoms with Crippen molar-refractivity contribution in [1.29, 1.82) is 0 Å². The molecule has 5 heterocycles. The minimum Gasteiger partial charge on any atom is -0.477 e. The van der Waals surface area contributed by atoms with Crippen molar-refractivity contribution >= 4 is 27.6 Å². The SMILES string of the molecule is CN1CCC[C@H]2CN(c3nc(-n4ccc(OCCC5C6(CC6)C56CC6)n4)ccc3C(=O)NS(=O)(=O)c3cccc1n3)C(C)(C)C2. The molecule has 8 rings (SSSR count). The van der Waals surface area contributed by atoms with Gasteiger partial charge in [0.05, 0.1) is 12.2 Å². The van der Waals surface area contributed by atoms with Crippen LogP contribution in [0.15, 0.2) is 47.6 Å². The number of nitrogens with one attached hydrogen (secondary N) is 1. The summed E-state index contributed by atoms with van der Waals surface area (Å²) in [5.74, 6) is 2.54. The summed E-state index contributed by atoms with van der Waals surface area (Å²) in [7, 11) is -2.32. The maximum absolute atomic E-state index is 13.7. The molecule has 0 radical (unpaired) electrons. The number of carbonyl (C=O) groups is 1. The van der Waals surface area contributed by atoms with Crippen molar-refractivity contribution in [2.45, 2.75) is 75.8 Å². The lowest BCUT2D eigenvalue weighted by molar-refractivity contribution is 0.0981. The molecular formula is C33H41N7O4S. The average molecular weight is 632 g/mol. The molecule has 0 unspecified atom stereocenters. The maximum atomic E-state index is 13.7. The molecule has 11 nitrogen and oxygen atoms in total. The molecule has 1 N–H and O–H groups in total. The van der Waals surface area contributed by atoms with E-state index in [1.807, 2.05) is 24.2 Å². The monoisotopic (exact) mass is 631 g/mol. The number of amides is 1. The first-order chi connectivity index (χ1) is 21.5. The predicted molar refractivity (Wildman–Crippen MR) is 169 cm³/mol. The second kappa shape index (κ2) is 9.91. The molecule has 3 saturated carbocycles. The van der Waals surface area contributed by atoms with Crippen molar-refractivity contribution in [3.63, 3.8) is 0 Å². The lowest BCUT2D eigenvalue weighted by Gasteiger charge is -2.34. The Morgan fingerprint density at radius 2 is 1.80 bits per heavy atom. The first-order valence-corrected chi connectivity index (χ1v) is 17.7. The number of ether oxygens (including phenoxy) is 1. The number of carbonyl (C=O) groups excluding carboxylic acids is 1. The fourth-order valence-corrected chi connectivity index (χ4v) is 9.71. The minimum absolute atomic E-state index is 0.190. The van der Waals surface area contributed by atoms with E-state index >= 15 is 0 Å². The average Bonchev–Trinajstić information content (AvgIpc) is 3.96. The van der Waals surface area contributed by atoms with Gasteiger partial charge in [0.2, 0.25) is 5.88 Å². The number of fused-ring (bicyclic) bond motifs is 7. The van der Waals surface area contributed by atoms with E-state index in [1.54, 1.807) is 28.9 Å². The van der Waals surface area contributed by atoms with E-state index in [-0.39, 0.29) is 16.1 Å². The normalized spacial score (nSPS) is 25.3. The molecule has 12 heteroatoms. The standard InChI is InChI=1S/C33H41N7O4S/c1-31(2)20-22-6-5-17-38(3)25-7-4-8-28(34-25)45(42,43)37-30(41)23-9-10-26(35-29(23)39(31)21-22)40-18-11-27(36-40)44-19-12-24-32(13-14-32)33(24)15-16-33/h4,7-11,18,22,24H,5-6,12-17,19-21H2,1-3H3,(H,37,41)/t22-/m1/s1. The number of nitrogens with zero attached hydrogens (tertiary/aromatic N) is 6. The van der Waals surface area contributed by atoms with E-state index in [4.69, 9.17) is 9.72 Å². The largest absolute Gasteiger partial charge is 0.477 e. The molecular weight excluding hydrogens is 590 g/mol. The van der Waals surface area contributed by atoms with Crippen molar-refractivity contribution in [3.05, 3.63) is 48.2 Å². The summed E-state index contributed by atoms with van der Waals surface area (Å²) >= 11 is 0. The van der Waals surface area contributed by atoms with E-state index < -0.39 is 15.9 Å². The van der Waals surface area contributed by atoms with Crippen LogP contribution in [0.25, 0.3) is 5.82 Å². The van der Waals surface area contributed by atoms with Crippen molar-refractivity contribution in [3.8, 4) is 11.7 Å². The number of rotatable bonds is 5. The van der Waals surface area contributed by atoms with Crippen LogP contribution in [0.2, 0.25) is 0 Å². The van der Waals surface area contributed by atoms with Gasteiger partial charge in [-0.3, -0.25) is 4.79 Å². The van der Waals surface area contributed by atoms with Crippen molar-refractivity contribution in [2.75, 3.05) is 36.5 Å². The van der Waals surface area contributed by atoms with Crippen LogP contribution in [0.5, 0.6) is 5.88 Å². The molecule has 0 aromatic carbocycles. The summed E-state index contributed by atoms with van der Waals surface area (Å²) in [5, 5.41) is 4.45. The lowest BCUT2D eigenvalue weighted by atomic mass is 9.93. The molecule has 5 aliphatic rings. The number of aromatic nitrogens is 4. The zero-order valence-electron chi connectivity index (χ0n) is 26.2. The highest BCUT2D eigenvalue weighted by Crippen LogP contribution is 2.93. The number of sulfonamides is 1. The van der Waals surface area contributed by atoms with Gasteiger partial charge in [0.25, 0.3) is 15.9 Å². The molecule has 2 spiro atoms. The van der Waals surface area contributed by atoms with Crippen LogP contribution >= 0.6 is 0 Å². The van der Waals surface area contributed by atoms with E-state index in [0.29, 0.717) is 53.2 Å². The van der Waals surface area contributed by atoms with Crippen LogP contribution in [0.3, 0.4) is 0 Å². The van der Waals surface area contributed by atoms with Crippen LogP contribution in [0, 0.1) is 22.7 Å². The van der Waals surface area contributed by atoms with Gasteiger partial charge in [0.1, 0.15) is 11.6 Å². The molecule has 1 saturated heterocycles. The van der Waals surface area contributed by atoms with Gasteiger partial charge in [-0.15, -0.1) is 5.10 Å². The Hall–Kier alpha value is -3.67. The summed E-state index contributed by atoms with van der Waals surface area (Å²) in [5.41, 5.74) is 1.23. The number of pyridine rings is 2. The van der Waals surface area contributed by atoms with Gasteiger partial charge in [-0.2, -0.15) is 8.42 Å². The van der Waals surface area contributed by atoms with Crippen molar-refractivity contribution in [1.82, 2.24) is 24.5 Å². The highest BCUT2D eigenvalue weighted by Gasteiger charge is 2.85. The van der Waals surface area contributed by atoms with Crippen molar-refractivity contribution < 1.29 is 17.9 Å². The van der Waals surface area contributed by atoms with Crippen LogP contribution in [-0.4, -0.2) is 66.4 Å². The molecule has 4 bridgehead atoms. The molecule has 3 aromatic heterocycles. The molecule has 45 heavy (non-hydrogen) atoms. The van der Waals surface area contributed by atoms with E-state index in [9.17, 15) is 13.2 Å². The topological polar surface area (TPSA) is 123 Å². The summed E-state index contributed by atoms with van der Waals surface area (Å²) in [6.45, 7) is 6.42. The third kappa shape index (κ3) is 4.78. The van der Waals surface area contributed by atoms with Crippen LogP contribution in [-0.2, 0) is 10.0 Å². The highest BCUT2D eigenvalue weighted by molar-refractivity contribution is 7.90. The second-order valence-electron chi connectivity index (χ2n) is 14.5. The molecule has 238 valence electrons. The Morgan fingerprint density at radius 1 is 1.02 bits per heavy atom. The van der Waals surface area contributed by atoms with Crippen LogP contribution < -0.4 is 19.3 Å². The van der Waals surface area contributed by atoms with E-state index in [2.05, 4.69) is 33.6 Å². The Bertz CT molecular complexity index is 1760. The summed E-state index contributed by atoms with van der Waals surface area (Å²) < 4.78 is 36.7. The third-order valence-electron chi connectivity index (χ3n) is 11.3. The summed E-state index contributed by atoms with van der Waals surface area (Å²) in [6, 6.07) is 10.0. The lowest BCUT2D eigenvalue weighted by Crippen LogP contribution is -2.41. The summed E-state index contributed by atoms with van der Waals surface area (Å²) in [6.07, 6.45) is 11.4. The number of anilines is 2. The van der Waals surface area contributed by atoms with Crippen LogP contribution in [0.1, 0.15) is 75.6 Å². The summed E-state index contributed by atoms with van der Waals surface area (Å²) in [4.78, 5) is 27.1. The number of hydrogen-bond donors (Lipinski definition) is 1. The molecule has 2 aliphatic heterocycles. The third-order valence-corrected chi connectivity index (χ3v) is 12.5. The van der Waals surface area contributed by atoms with Gasteiger partial charge in [0, 0.05) is 37.9 Å². The Balaban J connectivity index is 1.08. The van der Waals surface area contributed by atoms with Gasteiger partial charge in [0.15, 0.2) is 10.8 Å². The zero-order valence-corrected chi connectivity index (χ0v) is 27.0. The first-order valence-electron chi connectivity index (χ1n) is 16.2. The van der Waals surface area contributed by atoms with Gasteiger partial charge in [-0.25, -0.2) is 19.4 Å². The Kier molecular flexibility index (Phi) is 6.34. The second-order valence-corrected chi connectivity index (χ2v) is 16.1. The molecule has 4 fully saturated rings. The smallest absolute Gasteiger partial charge is 0.281 e. The zero-order chi connectivity index (χ0) is 31.2. The number of hydrogen-bond acceptors (Lipinski definition) is 9. The van der Waals surface area contributed by atoms with Gasteiger partial charge < -0.3 is 14.5 Å². The van der Waals surface area contributed by atoms with Crippen molar-refractivity contribution in [2.24, 2.45) is 22.7 Å².